The van der Waals surface area contributed by atoms with Crippen molar-refractivity contribution < 1.29 is 38.1 Å². The van der Waals surface area contributed by atoms with E-state index in [1.807, 2.05) is 13.8 Å². The van der Waals surface area contributed by atoms with Crippen LogP contribution in [-0.4, -0.2) is 69.7 Å². The number of ether oxygens (including phenoxy) is 4. The molecule has 33 heavy (non-hydrogen) atoms. The van der Waals surface area contributed by atoms with E-state index in [2.05, 4.69) is 23.8 Å². The predicted octanol–water partition coefficient (Wildman–Crippen LogP) is 1.81. The Morgan fingerprint density at radius 1 is 0.818 bits per heavy atom. The molecule has 0 rings (SSSR count). The molecule has 0 aromatic carbocycles. The van der Waals surface area contributed by atoms with Gasteiger partial charge in [0.25, 0.3) is 0 Å². The van der Waals surface area contributed by atoms with Crippen molar-refractivity contribution in [1.29, 1.82) is 0 Å². The summed E-state index contributed by atoms with van der Waals surface area (Å²) in [5.41, 5.74) is 6.35. The van der Waals surface area contributed by atoms with Gasteiger partial charge in [-0.25, -0.2) is 19.2 Å². The fourth-order valence-corrected chi connectivity index (χ4v) is 2.44. The lowest BCUT2D eigenvalue weighted by atomic mass is 9.85. The number of carbonyl (C=O) groups is 4. The Bertz CT molecular complexity index is 706. The maximum Gasteiger partial charge on any atom is 0.407 e. The molecule has 188 valence electrons. The summed E-state index contributed by atoms with van der Waals surface area (Å²) in [6, 6.07) is -0.226. The molecule has 11 nitrogen and oxygen atoms in total. The normalized spacial score (nSPS) is 11.5. The maximum atomic E-state index is 11.8. The first kappa shape index (κ1) is 29.9. The standard InChI is InChI=1S/C22H37N3O8/c1-15(2)18(26)30-9-11-32-20(28)24-8-7-17(23)13-22(5,6)14-25-21(29)33-12-10-31-19(27)16(3)4/h17H,1,3,7-14,23H2,2,4-6H3,(H,24,28)(H,25,29). The van der Waals surface area contributed by atoms with Crippen LogP contribution in [0.1, 0.15) is 40.5 Å². The fourth-order valence-electron chi connectivity index (χ4n) is 2.44. The highest BCUT2D eigenvalue weighted by atomic mass is 16.6. The first-order chi connectivity index (χ1) is 15.3. The largest absolute Gasteiger partial charge is 0.459 e. The molecule has 1 unspecified atom stereocenters. The summed E-state index contributed by atoms with van der Waals surface area (Å²) in [7, 11) is 0. The van der Waals surface area contributed by atoms with Crippen LogP contribution in [0.2, 0.25) is 0 Å². The van der Waals surface area contributed by atoms with Crippen molar-refractivity contribution in [1.82, 2.24) is 10.6 Å². The third-order valence-electron chi connectivity index (χ3n) is 4.11. The van der Waals surface area contributed by atoms with Gasteiger partial charge >= 0.3 is 24.1 Å². The van der Waals surface area contributed by atoms with Crippen molar-refractivity contribution in [2.45, 2.75) is 46.6 Å². The number of nitrogens with two attached hydrogens (primary N) is 1. The third kappa shape index (κ3) is 16.2. The number of carbonyl (C=O) groups excluding carboxylic acids is 4. The average molecular weight is 472 g/mol. The molecular weight excluding hydrogens is 434 g/mol. The molecule has 0 aliphatic heterocycles. The third-order valence-corrected chi connectivity index (χ3v) is 4.11. The van der Waals surface area contributed by atoms with Crippen molar-refractivity contribution in [2.75, 3.05) is 39.5 Å². The van der Waals surface area contributed by atoms with Crippen LogP contribution in [-0.2, 0) is 28.5 Å². The molecule has 2 amide bonds. The van der Waals surface area contributed by atoms with E-state index in [9.17, 15) is 19.2 Å². The van der Waals surface area contributed by atoms with E-state index in [0.717, 1.165) is 0 Å². The predicted molar refractivity (Wildman–Crippen MR) is 121 cm³/mol. The number of esters is 2. The van der Waals surface area contributed by atoms with Gasteiger partial charge in [-0.3, -0.25) is 0 Å². The van der Waals surface area contributed by atoms with Crippen LogP contribution in [0.4, 0.5) is 9.59 Å². The molecule has 0 aliphatic carbocycles. The minimum Gasteiger partial charge on any atom is -0.459 e. The number of hydrogen-bond acceptors (Lipinski definition) is 9. The van der Waals surface area contributed by atoms with Gasteiger partial charge in [0.1, 0.15) is 26.4 Å². The molecule has 0 radical (unpaired) electrons. The molecule has 0 aliphatic rings. The molecule has 4 N–H and O–H groups in total. The number of alkyl carbamates (subject to hydrolysis) is 2. The van der Waals surface area contributed by atoms with Gasteiger partial charge < -0.3 is 35.3 Å². The molecule has 1 atom stereocenters. The van der Waals surface area contributed by atoms with Gasteiger partial charge in [-0.1, -0.05) is 27.0 Å². The second kappa shape index (κ2) is 15.7. The highest BCUT2D eigenvalue weighted by Gasteiger charge is 2.22. The Morgan fingerprint density at radius 3 is 1.70 bits per heavy atom. The summed E-state index contributed by atoms with van der Waals surface area (Å²) in [6.45, 7) is 14.2. The van der Waals surface area contributed by atoms with E-state index in [1.54, 1.807) is 0 Å². The minimum atomic E-state index is -0.633. The smallest absolute Gasteiger partial charge is 0.407 e. The summed E-state index contributed by atoms with van der Waals surface area (Å²) in [5, 5.41) is 5.23. The van der Waals surface area contributed by atoms with Crippen LogP contribution in [0.3, 0.4) is 0 Å². The summed E-state index contributed by atoms with van der Waals surface area (Å²) in [6.07, 6.45) is -0.175. The van der Waals surface area contributed by atoms with Crippen molar-refractivity contribution in [3.05, 3.63) is 24.3 Å². The molecule has 0 bridgehead atoms. The van der Waals surface area contributed by atoms with E-state index in [4.69, 9.17) is 24.7 Å². The quantitative estimate of drug-likeness (QED) is 0.140. The topological polar surface area (TPSA) is 155 Å². The van der Waals surface area contributed by atoms with E-state index in [-0.39, 0.29) is 49.0 Å². The van der Waals surface area contributed by atoms with Crippen LogP contribution >= 0.6 is 0 Å². The molecule has 0 spiro atoms. The van der Waals surface area contributed by atoms with Crippen LogP contribution in [0.25, 0.3) is 0 Å². The Hall–Kier alpha value is -3.08. The average Bonchev–Trinajstić information content (AvgIpc) is 2.71. The lowest BCUT2D eigenvalue weighted by Crippen LogP contribution is -2.39. The van der Waals surface area contributed by atoms with E-state index in [0.29, 0.717) is 25.9 Å². The number of nitrogens with one attached hydrogen (secondary N) is 2. The van der Waals surface area contributed by atoms with Gasteiger partial charge in [0.15, 0.2) is 0 Å². The van der Waals surface area contributed by atoms with Crippen molar-refractivity contribution in [3.8, 4) is 0 Å². The fraction of sp³-hybridized carbons (Fsp3) is 0.636. The van der Waals surface area contributed by atoms with Gasteiger partial charge in [0.2, 0.25) is 0 Å². The van der Waals surface area contributed by atoms with Crippen molar-refractivity contribution in [2.24, 2.45) is 11.1 Å². The van der Waals surface area contributed by atoms with Gasteiger partial charge in [0.05, 0.1) is 0 Å². The molecule has 0 aromatic rings. The van der Waals surface area contributed by atoms with Gasteiger partial charge in [-0.05, 0) is 32.1 Å². The Balaban J connectivity index is 3.96. The molecule has 11 heteroatoms. The first-order valence-corrected chi connectivity index (χ1v) is 10.6. The van der Waals surface area contributed by atoms with E-state index in [1.165, 1.54) is 13.8 Å². The van der Waals surface area contributed by atoms with Gasteiger partial charge in [-0.15, -0.1) is 0 Å². The lowest BCUT2D eigenvalue weighted by Gasteiger charge is -2.28. The van der Waals surface area contributed by atoms with Crippen molar-refractivity contribution in [3.63, 3.8) is 0 Å². The van der Waals surface area contributed by atoms with Crippen LogP contribution in [0.5, 0.6) is 0 Å². The second-order valence-corrected chi connectivity index (χ2v) is 8.30. The van der Waals surface area contributed by atoms with Crippen LogP contribution in [0, 0.1) is 5.41 Å². The Morgan fingerprint density at radius 2 is 1.24 bits per heavy atom. The van der Waals surface area contributed by atoms with Gasteiger partial charge in [0, 0.05) is 30.3 Å². The van der Waals surface area contributed by atoms with E-state index >= 15 is 0 Å². The Kier molecular flexibility index (Phi) is 14.2. The first-order valence-electron chi connectivity index (χ1n) is 10.6. The SMILES string of the molecule is C=C(C)C(=O)OCCOC(=O)NCCC(N)CC(C)(C)CNC(=O)OCCOC(=O)C(=C)C. The second-order valence-electron chi connectivity index (χ2n) is 8.30. The molecule has 0 saturated carbocycles. The molecule has 0 saturated heterocycles. The number of rotatable bonds is 15. The summed E-state index contributed by atoms with van der Waals surface area (Å²) in [4.78, 5) is 45.8. The molecule has 0 fully saturated rings. The zero-order valence-corrected chi connectivity index (χ0v) is 20.0. The van der Waals surface area contributed by atoms with Crippen LogP contribution in [0.15, 0.2) is 24.3 Å². The monoisotopic (exact) mass is 471 g/mol. The zero-order chi connectivity index (χ0) is 25.4. The van der Waals surface area contributed by atoms with E-state index < -0.39 is 24.1 Å². The summed E-state index contributed by atoms with van der Waals surface area (Å²) >= 11 is 0. The highest BCUT2D eigenvalue weighted by molar-refractivity contribution is 5.87. The number of hydrogen-bond donors (Lipinski definition) is 3. The minimum absolute atomic E-state index is 0.0531. The summed E-state index contributed by atoms with van der Waals surface area (Å²) < 4.78 is 19.5. The Labute approximate surface area is 195 Å². The van der Waals surface area contributed by atoms with Gasteiger partial charge in [-0.2, -0.15) is 0 Å². The molecule has 0 heterocycles. The zero-order valence-electron chi connectivity index (χ0n) is 20.0. The molecular formula is C22H37N3O8. The summed E-state index contributed by atoms with van der Waals surface area (Å²) in [5.74, 6) is -1.08. The van der Waals surface area contributed by atoms with Crippen LogP contribution < -0.4 is 16.4 Å². The highest BCUT2D eigenvalue weighted by Crippen LogP contribution is 2.21. The number of amides is 2. The maximum absolute atomic E-state index is 11.8. The van der Waals surface area contributed by atoms with Crippen molar-refractivity contribution >= 4 is 24.1 Å². The lowest BCUT2D eigenvalue weighted by molar-refractivity contribution is -0.140. The molecule has 0 aromatic heterocycles.